The standard InChI is InChI=1S/C16H18BN3O3/c1-11(2)16-19-15-14(4-3-9-18-15)20(16)10-12-5-7-13(8-6-12)23-17(21)22/h3-9,11,21-22H,10H2,1-2H3. The highest BCUT2D eigenvalue weighted by atomic mass is 16.6. The molecule has 0 fully saturated rings. The molecule has 0 saturated carbocycles. The van der Waals surface area contributed by atoms with E-state index in [4.69, 9.17) is 14.7 Å². The molecule has 6 nitrogen and oxygen atoms in total. The summed E-state index contributed by atoms with van der Waals surface area (Å²) in [6.45, 7) is 4.88. The summed E-state index contributed by atoms with van der Waals surface area (Å²) < 4.78 is 6.98. The van der Waals surface area contributed by atoms with Crippen molar-refractivity contribution in [1.29, 1.82) is 0 Å². The van der Waals surface area contributed by atoms with Crippen molar-refractivity contribution < 1.29 is 14.7 Å². The van der Waals surface area contributed by atoms with Gasteiger partial charge in [-0.1, -0.05) is 26.0 Å². The van der Waals surface area contributed by atoms with Crippen LogP contribution in [0, 0.1) is 0 Å². The number of aromatic nitrogens is 3. The van der Waals surface area contributed by atoms with Gasteiger partial charge in [0.25, 0.3) is 0 Å². The van der Waals surface area contributed by atoms with Gasteiger partial charge in [-0.25, -0.2) is 9.97 Å². The number of fused-ring (bicyclic) bond motifs is 1. The van der Waals surface area contributed by atoms with Crippen molar-refractivity contribution in [2.45, 2.75) is 26.3 Å². The lowest BCUT2D eigenvalue weighted by Crippen LogP contribution is -2.20. The zero-order valence-electron chi connectivity index (χ0n) is 13.0. The van der Waals surface area contributed by atoms with Crippen molar-refractivity contribution in [2.24, 2.45) is 0 Å². The molecule has 0 spiro atoms. The van der Waals surface area contributed by atoms with Crippen LogP contribution in [-0.2, 0) is 6.54 Å². The largest absolute Gasteiger partial charge is 0.707 e. The zero-order valence-corrected chi connectivity index (χ0v) is 13.0. The van der Waals surface area contributed by atoms with Crippen molar-refractivity contribution in [3.63, 3.8) is 0 Å². The normalized spacial score (nSPS) is 11.2. The Balaban J connectivity index is 1.93. The fourth-order valence-electron chi connectivity index (χ4n) is 2.56. The van der Waals surface area contributed by atoms with E-state index in [9.17, 15) is 0 Å². The average molecular weight is 311 g/mol. The molecular formula is C16H18BN3O3. The first-order valence-corrected chi connectivity index (χ1v) is 7.47. The summed E-state index contributed by atoms with van der Waals surface area (Å²) in [6, 6.07) is 11.1. The second kappa shape index (κ2) is 6.40. The highest BCUT2D eigenvalue weighted by molar-refractivity contribution is 6.33. The Morgan fingerprint density at radius 3 is 2.57 bits per heavy atom. The lowest BCUT2D eigenvalue weighted by atomic mass is 10.1. The van der Waals surface area contributed by atoms with Crippen LogP contribution < -0.4 is 4.65 Å². The molecular weight excluding hydrogens is 293 g/mol. The molecule has 23 heavy (non-hydrogen) atoms. The molecule has 0 saturated heterocycles. The molecule has 0 bridgehead atoms. The number of pyridine rings is 1. The Hall–Kier alpha value is -2.38. The van der Waals surface area contributed by atoms with E-state index in [1.807, 2.05) is 24.3 Å². The van der Waals surface area contributed by atoms with Crippen molar-refractivity contribution in [3.8, 4) is 5.75 Å². The third kappa shape index (κ3) is 3.36. The van der Waals surface area contributed by atoms with Gasteiger partial charge in [0.2, 0.25) is 0 Å². The number of hydrogen-bond donors (Lipinski definition) is 2. The molecule has 0 unspecified atom stereocenters. The first-order valence-electron chi connectivity index (χ1n) is 7.47. The summed E-state index contributed by atoms with van der Waals surface area (Å²) in [5, 5.41) is 17.6. The van der Waals surface area contributed by atoms with E-state index in [1.54, 1.807) is 18.3 Å². The molecule has 7 heteroatoms. The van der Waals surface area contributed by atoms with Crippen LogP contribution >= 0.6 is 0 Å². The monoisotopic (exact) mass is 311 g/mol. The SMILES string of the molecule is CC(C)c1nc2ncccc2n1Cc1ccc(OB(O)O)cc1. The van der Waals surface area contributed by atoms with Crippen LogP contribution in [-0.4, -0.2) is 31.9 Å². The Labute approximate surface area is 134 Å². The maximum atomic E-state index is 8.81. The maximum Gasteiger partial charge on any atom is 0.707 e. The molecule has 0 atom stereocenters. The van der Waals surface area contributed by atoms with Crippen molar-refractivity contribution in [1.82, 2.24) is 14.5 Å². The molecule has 118 valence electrons. The van der Waals surface area contributed by atoms with Crippen LogP contribution in [0.2, 0.25) is 0 Å². The van der Waals surface area contributed by atoms with E-state index in [2.05, 4.69) is 28.4 Å². The Morgan fingerprint density at radius 1 is 1.17 bits per heavy atom. The van der Waals surface area contributed by atoms with Crippen LogP contribution in [0.5, 0.6) is 5.75 Å². The van der Waals surface area contributed by atoms with E-state index in [0.717, 1.165) is 22.6 Å². The van der Waals surface area contributed by atoms with Crippen molar-refractivity contribution in [3.05, 3.63) is 54.0 Å². The fraction of sp³-hybridized carbons (Fsp3) is 0.250. The maximum absolute atomic E-state index is 8.81. The van der Waals surface area contributed by atoms with Gasteiger partial charge in [0.05, 0.1) is 5.52 Å². The van der Waals surface area contributed by atoms with Gasteiger partial charge in [-0.3, -0.25) is 0 Å². The Kier molecular flexibility index (Phi) is 4.32. The fourth-order valence-corrected chi connectivity index (χ4v) is 2.56. The predicted octanol–water partition coefficient (Wildman–Crippen LogP) is 1.95. The minimum absolute atomic E-state index is 0.288. The highest BCUT2D eigenvalue weighted by Gasteiger charge is 2.15. The van der Waals surface area contributed by atoms with Crippen LogP contribution in [0.25, 0.3) is 11.2 Å². The summed E-state index contributed by atoms with van der Waals surface area (Å²) >= 11 is 0. The molecule has 0 aliphatic rings. The molecule has 2 aromatic heterocycles. The van der Waals surface area contributed by atoms with E-state index in [0.29, 0.717) is 12.3 Å². The lowest BCUT2D eigenvalue weighted by Gasteiger charge is -2.12. The van der Waals surface area contributed by atoms with E-state index in [1.165, 1.54) is 0 Å². The van der Waals surface area contributed by atoms with Gasteiger partial charge >= 0.3 is 7.32 Å². The molecule has 2 heterocycles. The molecule has 2 N–H and O–H groups in total. The third-order valence-electron chi connectivity index (χ3n) is 3.58. The first kappa shape index (κ1) is 15.5. The van der Waals surface area contributed by atoms with Gasteiger partial charge in [-0.2, -0.15) is 0 Å². The smallest absolute Gasteiger partial charge is 0.512 e. The molecule has 0 radical (unpaired) electrons. The topological polar surface area (TPSA) is 80.4 Å². The number of hydrogen-bond acceptors (Lipinski definition) is 5. The second-order valence-corrected chi connectivity index (χ2v) is 5.65. The van der Waals surface area contributed by atoms with Gasteiger partial charge in [-0.05, 0) is 29.8 Å². The molecule has 0 aliphatic heterocycles. The third-order valence-corrected chi connectivity index (χ3v) is 3.58. The van der Waals surface area contributed by atoms with Crippen molar-refractivity contribution in [2.75, 3.05) is 0 Å². The number of rotatable bonds is 5. The van der Waals surface area contributed by atoms with Crippen LogP contribution in [0.1, 0.15) is 31.2 Å². The Bertz CT molecular complexity index is 800. The minimum Gasteiger partial charge on any atom is -0.512 e. The minimum atomic E-state index is -1.81. The lowest BCUT2D eigenvalue weighted by molar-refractivity contribution is 0.288. The molecule has 0 aliphatic carbocycles. The summed E-state index contributed by atoms with van der Waals surface area (Å²) in [4.78, 5) is 8.95. The summed E-state index contributed by atoms with van der Waals surface area (Å²) in [5.74, 6) is 1.69. The number of imidazole rings is 1. The van der Waals surface area contributed by atoms with Gasteiger partial charge in [0, 0.05) is 18.7 Å². The van der Waals surface area contributed by atoms with E-state index in [-0.39, 0.29) is 5.92 Å². The first-order chi connectivity index (χ1) is 11.0. The van der Waals surface area contributed by atoms with Gasteiger partial charge in [0.1, 0.15) is 11.6 Å². The van der Waals surface area contributed by atoms with Gasteiger partial charge in [-0.15, -0.1) is 0 Å². The quantitative estimate of drug-likeness (QED) is 0.704. The van der Waals surface area contributed by atoms with E-state index >= 15 is 0 Å². The van der Waals surface area contributed by atoms with Crippen LogP contribution in [0.4, 0.5) is 0 Å². The second-order valence-electron chi connectivity index (χ2n) is 5.65. The van der Waals surface area contributed by atoms with E-state index < -0.39 is 7.32 Å². The number of nitrogens with zero attached hydrogens (tertiary/aromatic N) is 3. The van der Waals surface area contributed by atoms with Gasteiger partial charge < -0.3 is 19.3 Å². The van der Waals surface area contributed by atoms with Crippen LogP contribution in [0.15, 0.2) is 42.6 Å². The van der Waals surface area contributed by atoms with Gasteiger partial charge in [0.15, 0.2) is 5.65 Å². The average Bonchev–Trinajstić information content (AvgIpc) is 2.88. The summed E-state index contributed by atoms with van der Waals surface area (Å²) in [7, 11) is -1.81. The molecule has 1 aromatic carbocycles. The molecule has 3 rings (SSSR count). The molecule has 0 amide bonds. The number of benzene rings is 1. The molecule has 3 aromatic rings. The zero-order chi connectivity index (χ0) is 16.4. The van der Waals surface area contributed by atoms with Crippen molar-refractivity contribution >= 4 is 18.5 Å². The summed E-state index contributed by atoms with van der Waals surface area (Å²) in [6.07, 6.45) is 1.75. The van der Waals surface area contributed by atoms with Crippen LogP contribution in [0.3, 0.4) is 0 Å². The summed E-state index contributed by atoms with van der Waals surface area (Å²) in [5.41, 5.74) is 2.82. The Morgan fingerprint density at radius 2 is 1.91 bits per heavy atom. The highest BCUT2D eigenvalue weighted by Crippen LogP contribution is 2.22. The predicted molar refractivity (Wildman–Crippen MR) is 88.0 cm³/mol.